The van der Waals surface area contributed by atoms with E-state index in [1.807, 2.05) is 60.7 Å². The van der Waals surface area contributed by atoms with Crippen LogP contribution in [0.2, 0.25) is 0 Å². The first-order chi connectivity index (χ1) is 14.2. The normalized spacial score (nSPS) is 10.6. The molecule has 0 saturated heterocycles. The Balaban J connectivity index is 1.76. The van der Waals surface area contributed by atoms with Gasteiger partial charge in [-0.1, -0.05) is 12.1 Å². The molecule has 0 aliphatic rings. The third-order valence-electron chi connectivity index (χ3n) is 4.30. The molecular formula is C23H24N2O4. The van der Waals surface area contributed by atoms with Gasteiger partial charge in [0.25, 0.3) is 0 Å². The number of benzene rings is 3. The van der Waals surface area contributed by atoms with Gasteiger partial charge >= 0.3 is 0 Å². The first-order valence-electron chi connectivity index (χ1n) is 9.02. The number of nitrogens with one attached hydrogen (secondary N) is 1. The zero-order valence-corrected chi connectivity index (χ0v) is 16.9. The molecule has 0 aliphatic carbocycles. The van der Waals surface area contributed by atoms with Crippen LogP contribution in [0.4, 0.5) is 17.1 Å². The summed E-state index contributed by atoms with van der Waals surface area (Å²) < 4.78 is 21.5. The molecular weight excluding hydrogens is 368 g/mol. The predicted octanol–water partition coefficient (Wildman–Crippen LogP) is 5.22. The van der Waals surface area contributed by atoms with E-state index in [0.717, 1.165) is 28.4 Å². The Morgan fingerprint density at radius 2 is 1.34 bits per heavy atom. The summed E-state index contributed by atoms with van der Waals surface area (Å²) in [5.74, 6) is 2.52. The molecule has 0 radical (unpaired) electrons. The van der Waals surface area contributed by atoms with Crippen LogP contribution in [0.1, 0.15) is 5.56 Å². The van der Waals surface area contributed by atoms with Crippen LogP contribution in [0.15, 0.2) is 65.7 Å². The van der Waals surface area contributed by atoms with E-state index in [0.29, 0.717) is 17.2 Å². The summed E-state index contributed by atoms with van der Waals surface area (Å²) in [6.07, 6.45) is 1.76. The van der Waals surface area contributed by atoms with Gasteiger partial charge in [0.1, 0.15) is 5.75 Å². The SMILES string of the molecule is COc1ccccc1Nc1ccc(N=Cc2cc(OC)c(OC)c(OC)c2)cc1. The van der Waals surface area contributed by atoms with E-state index in [1.54, 1.807) is 34.7 Å². The molecule has 3 rings (SSSR count). The van der Waals surface area contributed by atoms with Crippen LogP contribution in [0, 0.1) is 0 Å². The number of ether oxygens (including phenoxy) is 4. The second kappa shape index (κ2) is 9.50. The summed E-state index contributed by atoms with van der Waals surface area (Å²) in [6, 6.07) is 19.3. The highest BCUT2D eigenvalue weighted by molar-refractivity contribution is 5.84. The van der Waals surface area contributed by atoms with Crippen molar-refractivity contribution in [2.45, 2.75) is 0 Å². The van der Waals surface area contributed by atoms with Crippen molar-refractivity contribution in [3.8, 4) is 23.0 Å². The highest BCUT2D eigenvalue weighted by Gasteiger charge is 2.12. The van der Waals surface area contributed by atoms with Crippen molar-refractivity contribution in [3.63, 3.8) is 0 Å². The Morgan fingerprint density at radius 1 is 0.724 bits per heavy atom. The van der Waals surface area contributed by atoms with Gasteiger partial charge in [-0.2, -0.15) is 0 Å². The monoisotopic (exact) mass is 392 g/mol. The van der Waals surface area contributed by atoms with Gasteiger partial charge < -0.3 is 24.3 Å². The smallest absolute Gasteiger partial charge is 0.203 e. The summed E-state index contributed by atoms with van der Waals surface area (Å²) in [5.41, 5.74) is 3.52. The summed E-state index contributed by atoms with van der Waals surface area (Å²) in [7, 11) is 6.41. The summed E-state index contributed by atoms with van der Waals surface area (Å²) in [6.45, 7) is 0. The van der Waals surface area contributed by atoms with Gasteiger partial charge in [-0.25, -0.2) is 0 Å². The van der Waals surface area contributed by atoms with Crippen molar-refractivity contribution in [2.75, 3.05) is 33.8 Å². The van der Waals surface area contributed by atoms with Crippen molar-refractivity contribution in [1.29, 1.82) is 0 Å². The molecule has 0 aliphatic heterocycles. The van der Waals surface area contributed by atoms with Crippen molar-refractivity contribution in [1.82, 2.24) is 0 Å². The highest BCUT2D eigenvalue weighted by atomic mass is 16.5. The molecule has 150 valence electrons. The molecule has 6 heteroatoms. The van der Waals surface area contributed by atoms with E-state index in [9.17, 15) is 0 Å². The molecule has 0 unspecified atom stereocenters. The fourth-order valence-electron chi connectivity index (χ4n) is 2.86. The van der Waals surface area contributed by atoms with Gasteiger partial charge in [0.2, 0.25) is 5.75 Å². The van der Waals surface area contributed by atoms with E-state index >= 15 is 0 Å². The molecule has 0 bridgehead atoms. The molecule has 0 fully saturated rings. The molecule has 0 atom stereocenters. The number of nitrogens with zero attached hydrogens (tertiary/aromatic N) is 1. The molecule has 3 aromatic carbocycles. The third-order valence-corrected chi connectivity index (χ3v) is 4.30. The van der Waals surface area contributed by atoms with Crippen LogP contribution in [-0.4, -0.2) is 34.7 Å². The average Bonchev–Trinajstić information content (AvgIpc) is 2.78. The van der Waals surface area contributed by atoms with Gasteiger partial charge in [0, 0.05) is 17.5 Å². The van der Waals surface area contributed by atoms with Crippen molar-refractivity contribution >= 4 is 23.3 Å². The number of anilines is 2. The lowest BCUT2D eigenvalue weighted by Gasteiger charge is -2.12. The van der Waals surface area contributed by atoms with Gasteiger partial charge in [-0.05, 0) is 48.5 Å². The quantitative estimate of drug-likeness (QED) is 0.533. The van der Waals surface area contributed by atoms with Gasteiger partial charge in [0.15, 0.2) is 11.5 Å². The van der Waals surface area contributed by atoms with Crippen LogP contribution in [-0.2, 0) is 0 Å². The lowest BCUT2D eigenvalue weighted by atomic mass is 10.2. The minimum atomic E-state index is 0.555. The van der Waals surface area contributed by atoms with Crippen molar-refractivity contribution < 1.29 is 18.9 Å². The van der Waals surface area contributed by atoms with Gasteiger partial charge in [-0.3, -0.25) is 4.99 Å². The molecule has 0 saturated carbocycles. The van der Waals surface area contributed by atoms with Crippen LogP contribution in [0.5, 0.6) is 23.0 Å². The van der Waals surface area contributed by atoms with Gasteiger partial charge in [-0.15, -0.1) is 0 Å². The Morgan fingerprint density at radius 3 is 1.93 bits per heavy atom. The van der Waals surface area contributed by atoms with Crippen LogP contribution < -0.4 is 24.3 Å². The number of hydrogen-bond acceptors (Lipinski definition) is 6. The lowest BCUT2D eigenvalue weighted by Crippen LogP contribution is -1.96. The predicted molar refractivity (Wildman–Crippen MR) is 116 cm³/mol. The Kier molecular flexibility index (Phi) is 6.58. The van der Waals surface area contributed by atoms with Crippen LogP contribution in [0.25, 0.3) is 0 Å². The molecule has 0 amide bonds. The molecule has 1 N–H and O–H groups in total. The van der Waals surface area contributed by atoms with Crippen molar-refractivity contribution in [2.24, 2.45) is 4.99 Å². The Labute approximate surface area is 170 Å². The molecule has 3 aromatic rings. The third kappa shape index (κ3) is 4.79. The number of hydrogen-bond donors (Lipinski definition) is 1. The Hall–Kier alpha value is -3.67. The second-order valence-electron chi connectivity index (χ2n) is 6.09. The molecule has 0 spiro atoms. The zero-order valence-electron chi connectivity index (χ0n) is 16.9. The fourth-order valence-corrected chi connectivity index (χ4v) is 2.86. The van der Waals surface area contributed by atoms with E-state index in [4.69, 9.17) is 18.9 Å². The maximum atomic E-state index is 5.38. The minimum Gasteiger partial charge on any atom is -0.495 e. The van der Waals surface area contributed by atoms with E-state index in [-0.39, 0.29) is 0 Å². The first kappa shape index (κ1) is 20.1. The van der Waals surface area contributed by atoms with Gasteiger partial charge in [0.05, 0.1) is 39.8 Å². The first-order valence-corrected chi connectivity index (χ1v) is 9.02. The topological polar surface area (TPSA) is 61.3 Å². The highest BCUT2D eigenvalue weighted by Crippen LogP contribution is 2.38. The number of rotatable bonds is 8. The minimum absolute atomic E-state index is 0.555. The Bertz CT molecular complexity index is 959. The number of aliphatic imine (C=N–C) groups is 1. The van der Waals surface area contributed by atoms with E-state index in [1.165, 1.54) is 0 Å². The standard InChI is InChI=1S/C23H24N2O4/c1-26-20-8-6-5-7-19(20)25-18-11-9-17(10-12-18)24-15-16-13-21(27-2)23(29-4)22(14-16)28-3/h5-15,25H,1-4H3. The molecule has 6 nitrogen and oxygen atoms in total. The summed E-state index contributed by atoms with van der Waals surface area (Å²) in [5, 5.41) is 3.34. The molecule has 0 heterocycles. The van der Waals surface area contributed by atoms with Crippen LogP contribution in [0.3, 0.4) is 0 Å². The average molecular weight is 392 g/mol. The van der Waals surface area contributed by atoms with E-state index < -0.39 is 0 Å². The number of methoxy groups -OCH3 is 4. The second-order valence-corrected chi connectivity index (χ2v) is 6.09. The summed E-state index contributed by atoms with van der Waals surface area (Å²) >= 11 is 0. The maximum absolute atomic E-state index is 5.38. The fraction of sp³-hybridized carbons (Fsp3) is 0.174. The molecule has 29 heavy (non-hydrogen) atoms. The zero-order chi connectivity index (χ0) is 20.6. The molecule has 0 aromatic heterocycles. The van der Waals surface area contributed by atoms with E-state index in [2.05, 4.69) is 10.3 Å². The van der Waals surface area contributed by atoms with Crippen molar-refractivity contribution in [3.05, 3.63) is 66.2 Å². The number of para-hydroxylation sites is 2. The van der Waals surface area contributed by atoms with Crippen LogP contribution >= 0.6 is 0 Å². The largest absolute Gasteiger partial charge is 0.495 e. The maximum Gasteiger partial charge on any atom is 0.203 e. The lowest BCUT2D eigenvalue weighted by molar-refractivity contribution is 0.324. The summed E-state index contributed by atoms with van der Waals surface area (Å²) in [4.78, 5) is 4.54.